The van der Waals surface area contributed by atoms with E-state index in [4.69, 9.17) is 0 Å². The van der Waals surface area contributed by atoms with Crippen molar-refractivity contribution in [3.8, 4) is 0 Å². The first kappa shape index (κ1) is 13.3. The first-order valence-electron chi connectivity index (χ1n) is 6.73. The van der Waals surface area contributed by atoms with Crippen molar-refractivity contribution in [2.45, 2.75) is 13.1 Å². The molecule has 3 aromatic rings. The van der Waals surface area contributed by atoms with Crippen LogP contribution in [0, 0.1) is 10.1 Å². The lowest BCUT2D eigenvalue weighted by Crippen LogP contribution is -2.12. The molecular weight excluding hydrogens is 266 g/mol. The number of nitro benzene ring substituents is 1. The number of H-pyrrole nitrogens is 1. The Morgan fingerprint density at radius 3 is 2.57 bits per heavy atom. The van der Waals surface area contributed by atoms with E-state index in [1.165, 1.54) is 23.1 Å². The van der Waals surface area contributed by atoms with Gasteiger partial charge in [-0.3, -0.25) is 10.1 Å². The fraction of sp³-hybridized carbons (Fsp3) is 0.125. The van der Waals surface area contributed by atoms with Gasteiger partial charge in [0.05, 0.1) is 4.92 Å². The maximum absolute atomic E-state index is 10.6. The standard InChI is InChI=1S/C16H15N3O2/c20-19(21)14-7-5-12(6-8-14)9-17-10-13-11-18-16-4-2-1-3-15(13)16/h1-8,11,17-18H,9-10H2. The van der Waals surface area contributed by atoms with E-state index < -0.39 is 0 Å². The van der Waals surface area contributed by atoms with Gasteiger partial charge in [0.2, 0.25) is 0 Å². The van der Waals surface area contributed by atoms with Crippen molar-refractivity contribution in [2.75, 3.05) is 0 Å². The molecule has 3 rings (SSSR count). The Morgan fingerprint density at radius 1 is 1.05 bits per heavy atom. The topological polar surface area (TPSA) is 71.0 Å². The number of aromatic nitrogens is 1. The van der Waals surface area contributed by atoms with Gasteiger partial charge in [0, 0.05) is 42.3 Å². The van der Waals surface area contributed by atoms with Gasteiger partial charge in [-0.1, -0.05) is 30.3 Å². The van der Waals surface area contributed by atoms with Crippen molar-refractivity contribution in [3.05, 3.63) is 76.0 Å². The molecule has 5 heteroatoms. The van der Waals surface area contributed by atoms with Crippen molar-refractivity contribution in [3.63, 3.8) is 0 Å². The van der Waals surface area contributed by atoms with Gasteiger partial charge < -0.3 is 10.3 Å². The summed E-state index contributed by atoms with van der Waals surface area (Å²) >= 11 is 0. The van der Waals surface area contributed by atoms with Gasteiger partial charge in [0.25, 0.3) is 5.69 Å². The summed E-state index contributed by atoms with van der Waals surface area (Å²) in [5, 5.41) is 15.2. The average molecular weight is 281 g/mol. The van der Waals surface area contributed by atoms with Crippen molar-refractivity contribution >= 4 is 16.6 Å². The number of fused-ring (bicyclic) bond motifs is 1. The molecule has 2 N–H and O–H groups in total. The number of benzene rings is 2. The minimum atomic E-state index is -0.386. The molecule has 1 heterocycles. The van der Waals surface area contributed by atoms with Crippen LogP contribution in [0.4, 0.5) is 5.69 Å². The SMILES string of the molecule is O=[N+]([O-])c1ccc(CNCc2c[nH]c3ccccc23)cc1. The second-order valence-corrected chi connectivity index (χ2v) is 4.89. The third-order valence-electron chi connectivity index (χ3n) is 3.47. The number of hydrogen-bond donors (Lipinski definition) is 2. The molecule has 0 saturated carbocycles. The highest BCUT2D eigenvalue weighted by molar-refractivity contribution is 5.82. The van der Waals surface area contributed by atoms with E-state index in [2.05, 4.69) is 22.4 Å². The number of rotatable bonds is 5. The maximum Gasteiger partial charge on any atom is 0.269 e. The van der Waals surface area contributed by atoms with Crippen molar-refractivity contribution < 1.29 is 4.92 Å². The number of aromatic amines is 1. The van der Waals surface area contributed by atoms with Crippen molar-refractivity contribution in [2.24, 2.45) is 0 Å². The third kappa shape index (κ3) is 2.93. The molecule has 0 aliphatic carbocycles. The van der Waals surface area contributed by atoms with Crippen LogP contribution in [0.15, 0.2) is 54.7 Å². The molecular formula is C16H15N3O2. The van der Waals surface area contributed by atoms with Crippen LogP contribution in [0.2, 0.25) is 0 Å². The Bertz CT molecular complexity index is 763. The van der Waals surface area contributed by atoms with E-state index in [1.54, 1.807) is 12.1 Å². The number of non-ortho nitro benzene ring substituents is 1. The molecule has 0 amide bonds. The van der Waals surface area contributed by atoms with E-state index >= 15 is 0 Å². The molecule has 2 aromatic carbocycles. The van der Waals surface area contributed by atoms with Gasteiger partial charge in [-0.25, -0.2) is 0 Å². The molecule has 0 unspecified atom stereocenters. The summed E-state index contributed by atoms with van der Waals surface area (Å²) in [6.45, 7) is 1.43. The number of hydrogen-bond acceptors (Lipinski definition) is 3. The minimum Gasteiger partial charge on any atom is -0.361 e. The summed E-state index contributed by atoms with van der Waals surface area (Å²) in [4.78, 5) is 13.4. The predicted octanol–water partition coefficient (Wildman–Crippen LogP) is 3.37. The molecule has 0 aliphatic heterocycles. The second kappa shape index (κ2) is 5.76. The molecule has 0 spiro atoms. The van der Waals surface area contributed by atoms with Crippen LogP contribution in [0.1, 0.15) is 11.1 Å². The quantitative estimate of drug-likeness (QED) is 0.556. The number of para-hydroxylation sites is 1. The van der Waals surface area contributed by atoms with E-state index in [0.29, 0.717) is 6.54 Å². The lowest BCUT2D eigenvalue weighted by Gasteiger charge is -2.04. The molecule has 0 aliphatic rings. The Morgan fingerprint density at radius 2 is 1.81 bits per heavy atom. The molecule has 1 aromatic heterocycles. The fourth-order valence-electron chi connectivity index (χ4n) is 2.35. The maximum atomic E-state index is 10.6. The van der Waals surface area contributed by atoms with E-state index in [-0.39, 0.29) is 10.6 Å². The summed E-state index contributed by atoms with van der Waals surface area (Å²) in [6, 6.07) is 14.8. The molecule has 0 atom stereocenters. The van der Waals surface area contributed by atoms with Gasteiger partial charge in [-0.15, -0.1) is 0 Å². The Kier molecular flexibility index (Phi) is 3.66. The van der Waals surface area contributed by atoms with Crippen LogP contribution in [-0.2, 0) is 13.1 Å². The molecule has 0 radical (unpaired) electrons. The number of nitrogens with one attached hydrogen (secondary N) is 2. The largest absolute Gasteiger partial charge is 0.361 e. The zero-order chi connectivity index (χ0) is 14.7. The first-order chi connectivity index (χ1) is 10.2. The van der Waals surface area contributed by atoms with E-state index in [1.807, 2.05) is 18.3 Å². The van der Waals surface area contributed by atoms with Crippen molar-refractivity contribution in [1.82, 2.24) is 10.3 Å². The lowest BCUT2D eigenvalue weighted by molar-refractivity contribution is -0.384. The number of nitro groups is 1. The Balaban J connectivity index is 1.62. The first-order valence-corrected chi connectivity index (χ1v) is 6.73. The second-order valence-electron chi connectivity index (χ2n) is 4.89. The highest BCUT2D eigenvalue weighted by atomic mass is 16.6. The summed E-state index contributed by atoms with van der Waals surface area (Å²) < 4.78 is 0. The fourth-order valence-corrected chi connectivity index (χ4v) is 2.35. The minimum absolute atomic E-state index is 0.121. The summed E-state index contributed by atoms with van der Waals surface area (Å²) in [7, 11) is 0. The van der Waals surface area contributed by atoms with Gasteiger partial charge in [-0.05, 0) is 17.2 Å². The van der Waals surface area contributed by atoms with Gasteiger partial charge in [0.1, 0.15) is 0 Å². The monoisotopic (exact) mass is 281 g/mol. The number of nitrogens with zero attached hydrogens (tertiary/aromatic N) is 1. The van der Waals surface area contributed by atoms with E-state index in [0.717, 1.165) is 17.6 Å². The normalized spacial score (nSPS) is 10.9. The molecule has 0 bridgehead atoms. The van der Waals surface area contributed by atoms with Crippen LogP contribution in [0.5, 0.6) is 0 Å². The average Bonchev–Trinajstić information content (AvgIpc) is 2.91. The van der Waals surface area contributed by atoms with Crippen LogP contribution < -0.4 is 5.32 Å². The van der Waals surface area contributed by atoms with Gasteiger partial charge in [0.15, 0.2) is 0 Å². The smallest absolute Gasteiger partial charge is 0.269 e. The Labute approximate surface area is 121 Å². The van der Waals surface area contributed by atoms with Crippen LogP contribution in [-0.4, -0.2) is 9.91 Å². The highest BCUT2D eigenvalue weighted by Gasteiger charge is 2.05. The van der Waals surface area contributed by atoms with Gasteiger partial charge in [-0.2, -0.15) is 0 Å². The summed E-state index contributed by atoms with van der Waals surface area (Å²) in [5.41, 5.74) is 3.49. The summed E-state index contributed by atoms with van der Waals surface area (Å²) in [5.74, 6) is 0. The molecule has 0 saturated heterocycles. The van der Waals surface area contributed by atoms with Crippen molar-refractivity contribution in [1.29, 1.82) is 0 Å². The lowest BCUT2D eigenvalue weighted by atomic mass is 10.1. The third-order valence-corrected chi connectivity index (χ3v) is 3.47. The predicted molar refractivity (Wildman–Crippen MR) is 81.9 cm³/mol. The summed E-state index contributed by atoms with van der Waals surface area (Å²) in [6.07, 6.45) is 2.01. The molecule has 5 nitrogen and oxygen atoms in total. The Hall–Kier alpha value is -2.66. The molecule has 0 fully saturated rings. The highest BCUT2D eigenvalue weighted by Crippen LogP contribution is 2.17. The molecule has 21 heavy (non-hydrogen) atoms. The zero-order valence-electron chi connectivity index (χ0n) is 11.4. The van der Waals surface area contributed by atoms with E-state index in [9.17, 15) is 10.1 Å². The van der Waals surface area contributed by atoms with Crippen LogP contribution >= 0.6 is 0 Å². The van der Waals surface area contributed by atoms with Gasteiger partial charge >= 0.3 is 0 Å². The van der Waals surface area contributed by atoms with Crippen LogP contribution in [0.25, 0.3) is 10.9 Å². The van der Waals surface area contributed by atoms with Crippen LogP contribution in [0.3, 0.4) is 0 Å². The zero-order valence-corrected chi connectivity index (χ0v) is 11.4. The molecule has 106 valence electrons.